The summed E-state index contributed by atoms with van der Waals surface area (Å²) in [6.07, 6.45) is 4.00. The third-order valence-corrected chi connectivity index (χ3v) is 4.40. The molecule has 1 N–H and O–H groups in total. The lowest BCUT2D eigenvalue weighted by Crippen LogP contribution is -2.39. The number of carbonyl (C=O) groups is 2. The molecule has 1 saturated heterocycles. The SMILES string of the molecule is CCC1CCC(C)N1C(=O)CCc1ccccc1C(=O)O. The molecule has 1 amide bonds. The molecule has 0 aromatic heterocycles. The lowest BCUT2D eigenvalue weighted by atomic mass is 10.0. The van der Waals surface area contributed by atoms with Crippen LogP contribution in [0.2, 0.25) is 0 Å². The molecule has 0 saturated carbocycles. The van der Waals surface area contributed by atoms with Crippen molar-refractivity contribution in [2.45, 2.75) is 58.0 Å². The van der Waals surface area contributed by atoms with Crippen LogP contribution in [0.25, 0.3) is 0 Å². The standard InChI is InChI=1S/C17H23NO3/c1-3-14-10-8-12(2)18(14)16(19)11-9-13-6-4-5-7-15(13)17(20)21/h4-7,12,14H,3,8-11H2,1-2H3,(H,20,21). The number of likely N-dealkylation sites (tertiary alicyclic amines) is 1. The third-order valence-electron chi connectivity index (χ3n) is 4.40. The van der Waals surface area contributed by atoms with Gasteiger partial charge in [0.25, 0.3) is 0 Å². The zero-order valence-electron chi connectivity index (χ0n) is 12.7. The van der Waals surface area contributed by atoms with Crippen molar-refractivity contribution >= 4 is 11.9 Å². The van der Waals surface area contributed by atoms with Gasteiger partial charge in [-0.3, -0.25) is 4.79 Å². The predicted octanol–water partition coefficient (Wildman–Crippen LogP) is 3.11. The van der Waals surface area contributed by atoms with E-state index in [-0.39, 0.29) is 5.91 Å². The van der Waals surface area contributed by atoms with E-state index in [0.29, 0.717) is 30.5 Å². The molecule has 2 unspecified atom stereocenters. The number of hydrogen-bond acceptors (Lipinski definition) is 2. The quantitative estimate of drug-likeness (QED) is 0.906. The second-order valence-corrected chi connectivity index (χ2v) is 5.75. The Morgan fingerprint density at radius 3 is 2.67 bits per heavy atom. The molecule has 0 radical (unpaired) electrons. The van der Waals surface area contributed by atoms with Gasteiger partial charge in [0.1, 0.15) is 0 Å². The zero-order valence-corrected chi connectivity index (χ0v) is 12.7. The molecule has 1 fully saturated rings. The highest BCUT2D eigenvalue weighted by molar-refractivity contribution is 5.89. The van der Waals surface area contributed by atoms with Crippen molar-refractivity contribution in [2.75, 3.05) is 0 Å². The van der Waals surface area contributed by atoms with Gasteiger partial charge >= 0.3 is 5.97 Å². The van der Waals surface area contributed by atoms with Crippen LogP contribution in [0.1, 0.15) is 55.5 Å². The van der Waals surface area contributed by atoms with Crippen LogP contribution in [0.5, 0.6) is 0 Å². The maximum Gasteiger partial charge on any atom is 0.335 e. The van der Waals surface area contributed by atoms with E-state index in [1.807, 2.05) is 11.0 Å². The molecule has 1 heterocycles. The van der Waals surface area contributed by atoms with Crippen LogP contribution in [0.3, 0.4) is 0 Å². The smallest absolute Gasteiger partial charge is 0.335 e. The Hall–Kier alpha value is -1.84. The Labute approximate surface area is 125 Å². The number of carboxylic acids is 1. The van der Waals surface area contributed by atoms with Crippen LogP contribution in [-0.4, -0.2) is 34.0 Å². The van der Waals surface area contributed by atoms with Crippen molar-refractivity contribution in [3.63, 3.8) is 0 Å². The molecule has 4 nitrogen and oxygen atoms in total. The van der Waals surface area contributed by atoms with Gasteiger partial charge in [-0.15, -0.1) is 0 Å². The van der Waals surface area contributed by atoms with Crippen LogP contribution >= 0.6 is 0 Å². The molecule has 21 heavy (non-hydrogen) atoms. The first-order chi connectivity index (χ1) is 10.0. The van der Waals surface area contributed by atoms with Crippen LogP contribution in [-0.2, 0) is 11.2 Å². The second kappa shape index (κ2) is 6.74. The topological polar surface area (TPSA) is 57.6 Å². The highest BCUT2D eigenvalue weighted by atomic mass is 16.4. The molecule has 0 bridgehead atoms. The predicted molar refractivity (Wildman–Crippen MR) is 81.3 cm³/mol. The third kappa shape index (κ3) is 3.43. The van der Waals surface area contributed by atoms with Crippen molar-refractivity contribution in [3.8, 4) is 0 Å². The van der Waals surface area contributed by atoms with Crippen LogP contribution in [0.15, 0.2) is 24.3 Å². The lowest BCUT2D eigenvalue weighted by Gasteiger charge is -2.28. The Balaban J connectivity index is 2.03. The number of benzene rings is 1. The number of nitrogens with zero attached hydrogens (tertiary/aromatic N) is 1. The van der Waals surface area contributed by atoms with Gasteiger partial charge in [0.05, 0.1) is 5.56 Å². The number of rotatable bonds is 5. The maximum absolute atomic E-state index is 12.5. The van der Waals surface area contributed by atoms with Gasteiger partial charge in [0, 0.05) is 18.5 Å². The fourth-order valence-electron chi connectivity index (χ4n) is 3.24. The van der Waals surface area contributed by atoms with E-state index in [1.54, 1.807) is 18.2 Å². The Kier molecular flexibility index (Phi) is 4.99. The van der Waals surface area contributed by atoms with E-state index in [9.17, 15) is 9.59 Å². The number of aromatic carboxylic acids is 1. The van der Waals surface area contributed by atoms with Gasteiger partial charge in [-0.2, -0.15) is 0 Å². The molecule has 2 rings (SSSR count). The summed E-state index contributed by atoms with van der Waals surface area (Å²) in [5.74, 6) is -0.786. The highest BCUT2D eigenvalue weighted by Crippen LogP contribution is 2.27. The molecule has 1 aromatic carbocycles. The number of hydrogen-bond donors (Lipinski definition) is 1. The summed E-state index contributed by atoms with van der Waals surface area (Å²) in [6.45, 7) is 4.21. The second-order valence-electron chi connectivity index (χ2n) is 5.75. The summed E-state index contributed by atoms with van der Waals surface area (Å²) >= 11 is 0. The monoisotopic (exact) mass is 289 g/mol. The summed E-state index contributed by atoms with van der Waals surface area (Å²) in [4.78, 5) is 25.6. The largest absolute Gasteiger partial charge is 0.478 e. The summed E-state index contributed by atoms with van der Waals surface area (Å²) in [6, 6.07) is 7.57. The van der Waals surface area contributed by atoms with Gasteiger partial charge in [0.15, 0.2) is 0 Å². The lowest BCUT2D eigenvalue weighted by molar-refractivity contribution is -0.133. The van der Waals surface area contributed by atoms with E-state index in [1.165, 1.54) is 0 Å². The van der Waals surface area contributed by atoms with Crippen LogP contribution in [0, 0.1) is 0 Å². The molecule has 114 valence electrons. The molecule has 1 aromatic rings. The van der Waals surface area contributed by atoms with Crippen molar-refractivity contribution in [1.29, 1.82) is 0 Å². The first-order valence-electron chi connectivity index (χ1n) is 7.67. The first kappa shape index (κ1) is 15.5. The first-order valence-corrected chi connectivity index (χ1v) is 7.67. The van der Waals surface area contributed by atoms with Crippen LogP contribution in [0.4, 0.5) is 0 Å². The van der Waals surface area contributed by atoms with Crippen LogP contribution < -0.4 is 0 Å². The molecular weight excluding hydrogens is 266 g/mol. The molecule has 2 atom stereocenters. The molecule has 1 aliphatic rings. The van der Waals surface area contributed by atoms with E-state index in [0.717, 1.165) is 24.8 Å². The minimum atomic E-state index is -0.931. The minimum Gasteiger partial charge on any atom is -0.478 e. The average molecular weight is 289 g/mol. The summed E-state index contributed by atoms with van der Waals surface area (Å²) in [5, 5.41) is 9.17. The minimum absolute atomic E-state index is 0.145. The summed E-state index contributed by atoms with van der Waals surface area (Å²) in [5.41, 5.74) is 1.03. The molecule has 0 spiro atoms. The highest BCUT2D eigenvalue weighted by Gasteiger charge is 2.32. The van der Waals surface area contributed by atoms with Crippen molar-refractivity contribution < 1.29 is 14.7 Å². The number of carboxylic acid groups (broad SMARTS) is 1. The summed E-state index contributed by atoms with van der Waals surface area (Å²) < 4.78 is 0. The Morgan fingerprint density at radius 1 is 1.29 bits per heavy atom. The van der Waals surface area contributed by atoms with Gasteiger partial charge in [-0.05, 0) is 44.2 Å². The zero-order chi connectivity index (χ0) is 15.4. The number of carbonyl (C=O) groups excluding carboxylic acids is 1. The van der Waals surface area contributed by atoms with Gasteiger partial charge in [0.2, 0.25) is 5.91 Å². The maximum atomic E-state index is 12.5. The van der Waals surface area contributed by atoms with Crippen molar-refractivity contribution in [2.24, 2.45) is 0 Å². The number of aryl methyl sites for hydroxylation is 1. The van der Waals surface area contributed by atoms with Gasteiger partial charge in [-0.25, -0.2) is 4.79 Å². The van der Waals surface area contributed by atoms with E-state index in [2.05, 4.69) is 13.8 Å². The summed E-state index contributed by atoms with van der Waals surface area (Å²) in [7, 11) is 0. The van der Waals surface area contributed by atoms with E-state index >= 15 is 0 Å². The fraction of sp³-hybridized carbons (Fsp3) is 0.529. The molecule has 4 heteroatoms. The average Bonchev–Trinajstić information content (AvgIpc) is 2.86. The number of amides is 1. The van der Waals surface area contributed by atoms with Crippen molar-refractivity contribution in [1.82, 2.24) is 4.90 Å². The molecular formula is C17H23NO3. The van der Waals surface area contributed by atoms with E-state index in [4.69, 9.17) is 5.11 Å². The fourth-order valence-corrected chi connectivity index (χ4v) is 3.24. The van der Waals surface area contributed by atoms with Gasteiger partial charge in [-0.1, -0.05) is 25.1 Å². The Morgan fingerprint density at radius 2 is 2.00 bits per heavy atom. The van der Waals surface area contributed by atoms with E-state index < -0.39 is 5.97 Å². The molecule has 0 aliphatic carbocycles. The molecule has 1 aliphatic heterocycles. The normalized spacial score (nSPS) is 21.5. The van der Waals surface area contributed by atoms with Gasteiger partial charge < -0.3 is 10.0 Å². The Bertz CT molecular complexity index is 527. The van der Waals surface area contributed by atoms with Crippen molar-refractivity contribution in [3.05, 3.63) is 35.4 Å².